The maximum atomic E-state index is 13.7. The van der Waals surface area contributed by atoms with Crippen molar-refractivity contribution in [3.63, 3.8) is 0 Å². The van der Waals surface area contributed by atoms with Crippen molar-refractivity contribution in [1.82, 2.24) is 9.78 Å². The van der Waals surface area contributed by atoms with Gasteiger partial charge in [0.2, 0.25) is 0 Å². The average Bonchev–Trinajstić information content (AvgIpc) is 2.57. The molecule has 0 unspecified atom stereocenters. The van der Waals surface area contributed by atoms with Gasteiger partial charge in [-0.3, -0.25) is 4.68 Å². The molecule has 0 atom stereocenters. The van der Waals surface area contributed by atoms with Crippen LogP contribution in [0.25, 0.3) is 0 Å². The highest BCUT2D eigenvalue weighted by atomic mass is 32.1. The maximum absolute atomic E-state index is 13.7. The zero-order valence-electron chi connectivity index (χ0n) is 10.1. The molecule has 1 heterocycles. The molecule has 4 nitrogen and oxygen atoms in total. The van der Waals surface area contributed by atoms with Crippen LogP contribution in [-0.2, 0) is 7.05 Å². The number of aromatic nitrogens is 2. The Hall–Kier alpha value is -1.95. The Bertz CT molecular complexity index is 606. The van der Waals surface area contributed by atoms with Crippen LogP contribution >= 0.6 is 12.2 Å². The first-order valence-electron chi connectivity index (χ1n) is 5.34. The summed E-state index contributed by atoms with van der Waals surface area (Å²) in [5.74, 6) is -0.436. The van der Waals surface area contributed by atoms with Gasteiger partial charge in [-0.2, -0.15) is 5.10 Å². The summed E-state index contributed by atoms with van der Waals surface area (Å²) in [5.41, 5.74) is 7.91. The molecule has 18 heavy (non-hydrogen) atoms. The zero-order valence-corrected chi connectivity index (χ0v) is 10.9. The number of rotatable bonds is 3. The average molecular weight is 264 g/mol. The lowest BCUT2D eigenvalue weighted by molar-refractivity contribution is 0.626. The highest BCUT2D eigenvalue weighted by Crippen LogP contribution is 2.24. The zero-order chi connectivity index (χ0) is 13.3. The van der Waals surface area contributed by atoms with Gasteiger partial charge < -0.3 is 11.1 Å². The number of aryl methyl sites for hydroxylation is 2. The Morgan fingerprint density at radius 1 is 1.44 bits per heavy atom. The number of nitrogens with one attached hydrogen (secondary N) is 1. The predicted molar refractivity (Wildman–Crippen MR) is 73.5 cm³/mol. The Labute approximate surface area is 110 Å². The van der Waals surface area contributed by atoms with Crippen LogP contribution in [-0.4, -0.2) is 14.8 Å². The SMILES string of the molecule is Cc1nn(C)cc1Nc1cccc(F)c1C(N)=S. The smallest absolute Gasteiger partial charge is 0.135 e. The molecule has 2 rings (SSSR count). The van der Waals surface area contributed by atoms with E-state index in [1.807, 2.05) is 20.2 Å². The summed E-state index contributed by atoms with van der Waals surface area (Å²) in [4.78, 5) is 0.0251. The molecular weight excluding hydrogens is 251 g/mol. The van der Waals surface area contributed by atoms with Gasteiger partial charge in [0.05, 0.1) is 22.6 Å². The van der Waals surface area contributed by atoms with E-state index in [-0.39, 0.29) is 10.6 Å². The van der Waals surface area contributed by atoms with Gasteiger partial charge in [0.15, 0.2) is 0 Å². The molecule has 2 aromatic rings. The molecule has 1 aromatic heterocycles. The van der Waals surface area contributed by atoms with Crippen LogP contribution in [0.2, 0.25) is 0 Å². The van der Waals surface area contributed by atoms with E-state index in [1.54, 1.807) is 16.8 Å². The quantitative estimate of drug-likeness (QED) is 0.835. The van der Waals surface area contributed by atoms with Crippen molar-refractivity contribution in [3.8, 4) is 0 Å². The molecule has 0 aliphatic carbocycles. The summed E-state index contributed by atoms with van der Waals surface area (Å²) in [6, 6.07) is 4.66. The number of halogens is 1. The van der Waals surface area contributed by atoms with E-state index in [2.05, 4.69) is 10.4 Å². The molecular formula is C12H13FN4S. The van der Waals surface area contributed by atoms with E-state index >= 15 is 0 Å². The van der Waals surface area contributed by atoms with Crippen molar-refractivity contribution in [2.75, 3.05) is 5.32 Å². The van der Waals surface area contributed by atoms with Crippen LogP contribution in [0, 0.1) is 12.7 Å². The Kier molecular flexibility index (Phi) is 3.29. The first-order chi connectivity index (χ1) is 8.49. The van der Waals surface area contributed by atoms with Gasteiger partial charge in [0.25, 0.3) is 0 Å². The molecule has 3 N–H and O–H groups in total. The standard InChI is InChI=1S/C12H13FN4S/c1-7-10(6-17(2)16-7)15-9-5-3-4-8(13)11(9)12(14)18/h3-6,15H,1-2H3,(H2,14,18). The molecule has 6 heteroatoms. The summed E-state index contributed by atoms with van der Waals surface area (Å²) >= 11 is 4.87. The fraction of sp³-hybridized carbons (Fsp3) is 0.167. The predicted octanol–water partition coefficient (Wildman–Crippen LogP) is 2.25. The third-order valence-electron chi connectivity index (χ3n) is 2.54. The van der Waals surface area contributed by atoms with Gasteiger partial charge in [-0.15, -0.1) is 0 Å². The van der Waals surface area contributed by atoms with Gasteiger partial charge in [-0.05, 0) is 19.1 Å². The maximum Gasteiger partial charge on any atom is 0.135 e. The third-order valence-corrected chi connectivity index (χ3v) is 2.75. The monoisotopic (exact) mass is 264 g/mol. The van der Waals surface area contributed by atoms with Crippen molar-refractivity contribution in [3.05, 3.63) is 41.5 Å². The lowest BCUT2D eigenvalue weighted by atomic mass is 10.1. The Balaban J connectivity index is 2.43. The van der Waals surface area contributed by atoms with E-state index in [0.717, 1.165) is 11.4 Å². The van der Waals surface area contributed by atoms with Gasteiger partial charge in [-0.1, -0.05) is 18.3 Å². The van der Waals surface area contributed by atoms with Crippen molar-refractivity contribution in [1.29, 1.82) is 0 Å². The van der Waals surface area contributed by atoms with Crippen molar-refractivity contribution in [2.24, 2.45) is 12.8 Å². The number of hydrogen-bond acceptors (Lipinski definition) is 3. The number of nitrogens with zero attached hydrogens (tertiary/aromatic N) is 2. The summed E-state index contributed by atoms with van der Waals surface area (Å²) in [6.07, 6.45) is 1.81. The lowest BCUT2D eigenvalue weighted by Gasteiger charge is -2.10. The summed E-state index contributed by atoms with van der Waals surface area (Å²) in [7, 11) is 1.82. The van der Waals surface area contributed by atoms with Crippen LogP contribution in [0.3, 0.4) is 0 Å². The van der Waals surface area contributed by atoms with Gasteiger partial charge in [-0.25, -0.2) is 4.39 Å². The van der Waals surface area contributed by atoms with E-state index < -0.39 is 5.82 Å². The second-order valence-corrected chi connectivity index (χ2v) is 4.39. The number of nitrogens with two attached hydrogens (primary N) is 1. The molecule has 0 radical (unpaired) electrons. The highest BCUT2D eigenvalue weighted by Gasteiger charge is 2.12. The van der Waals surface area contributed by atoms with Crippen LogP contribution in [0.15, 0.2) is 24.4 Å². The number of anilines is 2. The van der Waals surface area contributed by atoms with Gasteiger partial charge in [0.1, 0.15) is 10.8 Å². The first kappa shape index (κ1) is 12.5. The van der Waals surface area contributed by atoms with Crippen LogP contribution in [0.1, 0.15) is 11.3 Å². The van der Waals surface area contributed by atoms with Crippen molar-refractivity contribution < 1.29 is 4.39 Å². The summed E-state index contributed by atoms with van der Waals surface area (Å²) in [6.45, 7) is 1.86. The molecule has 94 valence electrons. The summed E-state index contributed by atoms with van der Waals surface area (Å²) < 4.78 is 15.4. The molecule has 0 saturated heterocycles. The molecule has 0 aliphatic rings. The van der Waals surface area contributed by atoms with Crippen molar-refractivity contribution >= 4 is 28.6 Å². The molecule has 0 saturated carbocycles. The second kappa shape index (κ2) is 4.73. The highest BCUT2D eigenvalue weighted by molar-refractivity contribution is 7.80. The minimum atomic E-state index is -0.436. The molecule has 0 spiro atoms. The third kappa shape index (κ3) is 2.33. The minimum Gasteiger partial charge on any atom is -0.389 e. The number of hydrogen-bond donors (Lipinski definition) is 2. The van der Waals surface area contributed by atoms with Crippen molar-refractivity contribution in [2.45, 2.75) is 6.92 Å². The Morgan fingerprint density at radius 2 is 2.17 bits per heavy atom. The van der Waals surface area contributed by atoms with E-state index in [9.17, 15) is 4.39 Å². The van der Waals surface area contributed by atoms with Gasteiger partial charge >= 0.3 is 0 Å². The fourth-order valence-electron chi connectivity index (χ4n) is 1.75. The molecule has 0 fully saturated rings. The summed E-state index contributed by atoms with van der Waals surface area (Å²) in [5, 5.41) is 7.29. The number of benzene rings is 1. The van der Waals surface area contributed by atoms with E-state index in [4.69, 9.17) is 18.0 Å². The number of thiocarbonyl (C=S) groups is 1. The van der Waals surface area contributed by atoms with E-state index in [1.165, 1.54) is 6.07 Å². The van der Waals surface area contributed by atoms with Crippen LogP contribution < -0.4 is 11.1 Å². The molecule has 1 aromatic carbocycles. The Morgan fingerprint density at radius 3 is 2.72 bits per heavy atom. The van der Waals surface area contributed by atoms with E-state index in [0.29, 0.717) is 5.69 Å². The normalized spacial score (nSPS) is 10.4. The largest absolute Gasteiger partial charge is 0.389 e. The fourth-order valence-corrected chi connectivity index (χ4v) is 1.95. The van der Waals surface area contributed by atoms with Crippen LogP contribution in [0.4, 0.5) is 15.8 Å². The molecule has 0 amide bonds. The lowest BCUT2D eigenvalue weighted by Crippen LogP contribution is -2.14. The van der Waals surface area contributed by atoms with Gasteiger partial charge in [0, 0.05) is 13.2 Å². The second-order valence-electron chi connectivity index (χ2n) is 3.95. The molecule has 0 aliphatic heterocycles. The van der Waals surface area contributed by atoms with Crippen LogP contribution in [0.5, 0.6) is 0 Å². The molecule has 0 bridgehead atoms. The minimum absolute atomic E-state index is 0.0251. The first-order valence-corrected chi connectivity index (χ1v) is 5.75. The topological polar surface area (TPSA) is 55.9 Å².